The topological polar surface area (TPSA) is 62.3 Å². The summed E-state index contributed by atoms with van der Waals surface area (Å²) in [5.41, 5.74) is 3.88. The fourth-order valence-electron chi connectivity index (χ4n) is 2.76. The van der Waals surface area contributed by atoms with Crippen molar-refractivity contribution in [2.75, 3.05) is 13.1 Å². The molecule has 0 bridgehead atoms. The molecule has 1 aromatic carbocycles. The largest absolute Gasteiger partial charge is 0.337 e. The van der Waals surface area contributed by atoms with Crippen molar-refractivity contribution in [3.8, 4) is 0 Å². The first-order valence-electron chi connectivity index (χ1n) is 7.67. The van der Waals surface area contributed by atoms with Crippen LogP contribution in [-0.2, 0) is 17.6 Å². The van der Waals surface area contributed by atoms with Gasteiger partial charge in [-0.1, -0.05) is 30.3 Å². The lowest BCUT2D eigenvalue weighted by Crippen LogP contribution is -2.55. The van der Waals surface area contributed by atoms with Crippen LogP contribution in [0, 0.1) is 12.8 Å². The van der Waals surface area contributed by atoms with Crippen LogP contribution in [-0.4, -0.2) is 34.9 Å². The van der Waals surface area contributed by atoms with Crippen LogP contribution >= 0.6 is 11.3 Å². The molecule has 2 heterocycles. The van der Waals surface area contributed by atoms with E-state index in [0.29, 0.717) is 25.9 Å². The Labute approximate surface area is 139 Å². The molecule has 23 heavy (non-hydrogen) atoms. The summed E-state index contributed by atoms with van der Waals surface area (Å²) in [5, 5.41) is 2.83. The van der Waals surface area contributed by atoms with Gasteiger partial charge in [0.15, 0.2) is 0 Å². The molecule has 6 heteroatoms. The van der Waals surface area contributed by atoms with Gasteiger partial charge in [0.2, 0.25) is 5.91 Å². The van der Waals surface area contributed by atoms with Crippen LogP contribution in [0.1, 0.15) is 16.1 Å². The Morgan fingerprint density at radius 1 is 1.30 bits per heavy atom. The Hall–Kier alpha value is -2.21. The van der Waals surface area contributed by atoms with E-state index in [4.69, 9.17) is 0 Å². The second-order valence-electron chi connectivity index (χ2n) is 5.67. The van der Waals surface area contributed by atoms with Crippen LogP contribution in [0.4, 0.5) is 4.79 Å². The number of benzene rings is 1. The molecule has 1 aliphatic heterocycles. The Kier molecular flexibility index (Phi) is 4.71. The predicted molar refractivity (Wildman–Crippen MR) is 89.3 cm³/mol. The van der Waals surface area contributed by atoms with E-state index in [0.717, 1.165) is 16.1 Å². The third-order valence-electron chi connectivity index (χ3n) is 4.09. The van der Waals surface area contributed by atoms with Gasteiger partial charge in [0, 0.05) is 24.4 Å². The molecule has 3 amide bonds. The van der Waals surface area contributed by atoms with E-state index in [1.807, 2.05) is 37.3 Å². The second kappa shape index (κ2) is 6.91. The average molecular weight is 329 g/mol. The van der Waals surface area contributed by atoms with Gasteiger partial charge < -0.3 is 5.32 Å². The van der Waals surface area contributed by atoms with Crippen LogP contribution in [0.2, 0.25) is 0 Å². The average Bonchev–Trinajstić information content (AvgIpc) is 2.96. The maximum absolute atomic E-state index is 12.6. The molecule has 3 rings (SSSR count). The lowest BCUT2D eigenvalue weighted by molar-refractivity contribution is -0.133. The van der Waals surface area contributed by atoms with Crippen molar-refractivity contribution < 1.29 is 9.59 Å². The highest BCUT2D eigenvalue weighted by molar-refractivity contribution is 7.09. The highest BCUT2D eigenvalue weighted by atomic mass is 32.1. The second-order valence-corrected chi connectivity index (χ2v) is 6.61. The molecule has 1 aromatic heterocycles. The van der Waals surface area contributed by atoms with Gasteiger partial charge in [0.05, 0.1) is 17.1 Å². The van der Waals surface area contributed by atoms with Gasteiger partial charge in [-0.15, -0.1) is 11.3 Å². The SMILES string of the molecule is Cc1ncsc1CCN1C(=O)NCC(Cc2ccccc2)C1=O. The van der Waals surface area contributed by atoms with E-state index >= 15 is 0 Å². The van der Waals surface area contributed by atoms with Crippen molar-refractivity contribution in [3.05, 3.63) is 52.0 Å². The minimum atomic E-state index is -0.290. The van der Waals surface area contributed by atoms with E-state index in [1.165, 1.54) is 4.90 Å². The summed E-state index contributed by atoms with van der Waals surface area (Å²) in [7, 11) is 0. The summed E-state index contributed by atoms with van der Waals surface area (Å²) in [6.45, 7) is 2.75. The number of hydrogen-bond acceptors (Lipinski definition) is 4. The van der Waals surface area contributed by atoms with Crippen molar-refractivity contribution in [2.24, 2.45) is 5.92 Å². The molecule has 0 radical (unpaired) electrons. The molecule has 0 saturated carbocycles. The molecular weight excluding hydrogens is 310 g/mol. The van der Waals surface area contributed by atoms with E-state index in [2.05, 4.69) is 10.3 Å². The number of rotatable bonds is 5. The normalized spacial score (nSPS) is 18.1. The number of aryl methyl sites for hydroxylation is 1. The number of urea groups is 1. The van der Waals surface area contributed by atoms with Gasteiger partial charge in [-0.3, -0.25) is 9.69 Å². The molecule has 0 spiro atoms. The zero-order valence-corrected chi connectivity index (χ0v) is 13.8. The van der Waals surface area contributed by atoms with Gasteiger partial charge in [-0.05, 0) is 18.9 Å². The monoisotopic (exact) mass is 329 g/mol. The minimum absolute atomic E-state index is 0.0835. The van der Waals surface area contributed by atoms with E-state index in [-0.39, 0.29) is 17.9 Å². The Balaban J connectivity index is 1.65. The summed E-state index contributed by atoms with van der Waals surface area (Å²) in [6.07, 6.45) is 1.31. The van der Waals surface area contributed by atoms with Crippen LogP contribution in [0.25, 0.3) is 0 Å². The van der Waals surface area contributed by atoms with E-state index in [9.17, 15) is 9.59 Å². The summed E-state index contributed by atoms with van der Waals surface area (Å²) < 4.78 is 0. The first-order valence-corrected chi connectivity index (χ1v) is 8.55. The number of nitrogens with one attached hydrogen (secondary N) is 1. The van der Waals surface area contributed by atoms with Crippen molar-refractivity contribution in [2.45, 2.75) is 19.8 Å². The number of nitrogens with zero attached hydrogens (tertiary/aromatic N) is 2. The van der Waals surface area contributed by atoms with Crippen LogP contribution in [0.15, 0.2) is 35.8 Å². The smallest absolute Gasteiger partial charge is 0.324 e. The van der Waals surface area contributed by atoms with E-state index < -0.39 is 0 Å². The highest BCUT2D eigenvalue weighted by Gasteiger charge is 2.33. The molecule has 0 aliphatic carbocycles. The highest BCUT2D eigenvalue weighted by Crippen LogP contribution is 2.18. The molecule has 1 unspecified atom stereocenters. The van der Waals surface area contributed by atoms with Gasteiger partial charge in [0.1, 0.15) is 0 Å². The van der Waals surface area contributed by atoms with Gasteiger partial charge in [-0.25, -0.2) is 9.78 Å². The molecule has 1 N–H and O–H groups in total. The number of thiazole rings is 1. The fourth-order valence-corrected chi connectivity index (χ4v) is 3.53. The molecule has 2 aromatic rings. The predicted octanol–water partition coefficient (Wildman–Crippen LogP) is 2.40. The number of imide groups is 1. The summed E-state index contributed by atoms with van der Waals surface area (Å²) in [4.78, 5) is 31.3. The number of carbonyl (C=O) groups is 2. The quantitative estimate of drug-likeness (QED) is 0.916. The molecule has 5 nitrogen and oxygen atoms in total. The first kappa shape index (κ1) is 15.7. The number of carbonyl (C=O) groups excluding carboxylic acids is 2. The van der Waals surface area contributed by atoms with Crippen molar-refractivity contribution in [1.29, 1.82) is 0 Å². The number of hydrogen-bond donors (Lipinski definition) is 1. The van der Waals surface area contributed by atoms with Gasteiger partial charge >= 0.3 is 6.03 Å². The fraction of sp³-hybridized carbons (Fsp3) is 0.353. The molecular formula is C17H19N3O2S. The van der Waals surface area contributed by atoms with Gasteiger partial charge in [-0.2, -0.15) is 0 Å². The minimum Gasteiger partial charge on any atom is -0.337 e. The van der Waals surface area contributed by atoms with Crippen LogP contribution in [0.3, 0.4) is 0 Å². The Morgan fingerprint density at radius 2 is 2.09 bits per heavy atom. The first-order chi connectivity index (χ1) is 11.1. The Bertz CT molecular complexity index is 699. The zero-order chi connectivity index (χ0) is 16.2. The zero-order valence-electron chi connectivity index (χ0n) is 13.0. The van der Waals surface area contributed by atoms with Crippen LogP contribution < -0.4 is 5.32 Å². The lowest BCUT2D eigenvalue weighted by Gasteiger charge is -2.31. The standard InChI is InChI=1S/C17H19N3O2S/c1-12-15(23-11-19-12)7-8-20-16(21)14(10-18-17(20)22)9-13-5-3-2-4-6-13/h2-6,11,14H,7-10H2,1H3,(H,18,22). The third kappa shape index (κ3) is 3.59. The summed E-state index contributed by atoms with van der Waals surface area (Å²) in [5.74, 6) is -0.280. The Morgan fingerprint density at radius 3 is 2.78 bits per heavy atom. The number of aromatic nitrogens is 1. The van der Waals surface area contributed by atoms with Crippen molar-refractivity contribution in [1.82, 2.24) is 15.2 Å². The van der Waals surface area contributed by atoms with Crippen molar-refractivity contribution >= 4 is 23.3 Å². The van der Waals surface area contributed by atoms with Crippen molar-refractivity contribution in [3.63, 3.8) is 0 Å². The van der Waals surface area contributed by atoms with Gasteiger partial charge in [0.25, 0.3) is 0 Å². The summed E-state index contributed by atoms with van der Waals surface area (Å²) in [6, 6.07) is 9.61. The number of amides is 3. The molecule has 1 aliphatic rings. The molecule has 120 valence electrons. The molecule has 1 fully saturated rings. The molecule has 1 saturated heterocycles. The van der Waals surface area contributed by atoms with Crippen LogP contribution in [0.5, 0.6) is 0 Å². The third-order valence-corrected chi connectivity index (χ3v) is 5.09. The lowest BCUT2D eigenvalue weighted by atomic mass is 9.96. The summed E-state index contributed by atoms with van der Waals surface area (Å²) >= 11 is 1.56. The van der Waals surface area contributed by atoms with E-state index in [1.54, 1.807) is 16.8 Å². The maximum atomic E-state index is 12.6. The maximum Gasteiger partial charge on any atom is 0.324 e. The molecule has 1 atom stereocenters.